The molecule has 0 radical (unpaired) electrons. The molecule has 208 valence electrons. The molecule has 0 aromatic heterocycles. The highest BCUT2D eigenvalue weighted by Gasteiger charge is 2.24. The summed E-state index contributed by atoms with van der Waals surface area (Å²) in [7, 11) is 0.747. The molecule has 0 aliphatic carbocycles. The van der Waals surface area contributed by atoms with E-state index in [1.807, 2.05) is 19.1 Å². The monoisotopic (exact) mass is 543 g/mol. The van der Waals surface area contributed by atoms with Crippen molar-refractivity contribution in [1.29, 1.82) is 0 Å². The van der Waals surface area contributed by atoms with Gasteiger partial charge in [-0.05, 0) is 80.8 Å². The van der Waals surface area contributed by atoms with E-state index in [2.05, 4.69) is 40.2 Å². The highest BCUT2D eigenvalue weighted by Crippen LogP contribution is 2.24. The Bertz CT molecular complexity index is 1230. The molecule has 9 nitrogen and oxygen atoms in total. The van der Waals surface area contributed by atoms with Crippen molar-refractivity contribution >= 4 is 27.7 Å². The summed E-state index contributed by atoms with van der Waals surface area (Å²) in [5.41, 5.74) is 4.13. The maximum Gasteiger partial charge on any atom is 0.303 e. The predicted molar refractivity (Wildman–Crippen MR) is 152 cm³/mol. The van der Waals surface area contributed by atoms with E-state index in [4.69, 9.17) is 0 Å². The van der Waals surface area contributed by atoms with Crippen LogP contribution in [0.1, 0.15) is 53.7 Å². The molecule has 3 rings (SSSR count). The molecule has 0 saturated heterocycles. The molecule has 1 aliphatic heterocycles. The topological polar surface area (TPSA) is 111 Å². The van der Waals surface area contributed by atoms with Gasteiger partial charge in [0.05, 0.1) is 11.7 Å². The number of amides is 2. The molecule has 0 spiro atoms. The summed E-state index contributed by atoms with van der Waals surface area (Å²) in [6.45, 7) is 4.62. The fraction of sp³-hybridized carbons (Fsp3) is 0.500. The van der Waals surface area contributed by atoms with Crippen molar-refractivity contribution in [3.8, 4) is 0 Å². The molecule has 2 amide bonds. The number of hydrogen-bond donors (Lipinski definition) is 3. The maximum absolute atomic E-state index is 13.5. The Morgan fingerprint density at radius 1 is 1.05 bits per heavy atom. The van der Waals surface area contributed by atoms with E-state index in [0.29, 0.717) is 30.8 Å². The molecule has 3 N–H and O–H groups in total. The molecule has 4 bridgehead atoms. The smallest absolute Gasteiger partial charge is 0.303 e. The number of anilines is 1. The number of nitrogens with zero attached hydrogens (tertiary/aromatic N) is 2. The first-order chi connectivity index (χ1) is 18.0. The first-order valence-corrected chi connectivity index (χ1v) is 14.6. The van der Waals surface area contributed by atoms with Gasteiger partial charge in [0.25, 0.3) is 5.91 Å². The van der Waals surface area contributed by atoms with Gasteiger partial charge in [-0.25, -0.2) is 0 Å². The first kappa shape index (κ1) is 29.6. The number of carbonyl (C=O) groups excluding carboxylic acids is 2. The zero-order valence-electron chi connectivity index (χ0n) is 23.1. The second kappa shape index (κ2) is 13.2. The van der Waals surface area contributed by atoms with E-state index < -0.39 is 16.3 Å². The number of rotatable bonds is 8. The number of nitrogens with one attached hydrogen (secondary N) is 3. The minimum absolute atomic E-state index is 0.0933. The number of hydrogen-bond acceptors (Lipinski definition) is 5. The minimum atomic E-state index is -3.71. The minimum Gasteiger partial charge on any atom is -0.355 e. The van der Waals surface area contributed by atoms with Crippen molar-refractivity contribution in [1.82, 2.24) is 20.3 Å². The molecule has 38 heavy (non-hydrogen) atoms. The van der Waals surface area contributed by atoms with E-state index in [-0.39, 0.29) is 17.9 Å². The molecule has 0 saturated carbocycles. The Morgan fingerprint density at radius 3 is 2.42 bits per heavy atom. The standard InChI is InChI=1S/C28H41N5O4S/c1-6-29-27(34)20(2)30-19-25-16-22-13-9-12-21(14-22)10-7-8-11-23-15-24(28(35)31-25)18-26(17-23)33(5)38(36,37)32(3)4/h9,12-15,17-18,20,25,30H,6-8,10-11,16,19H2,1-5H3,(H,29,34)(H,31,35)/t20-,25+/m0/s1. The Hall–Kier alpha value is -2.95. The molecule has 1 aliphatic rings. The van der Waals surface area contributed by atoms with Gasteiger partial charge in [-0.2, -0.15) is 12.7 Å². The van der Waals surface area contributed by atoms with Crippen molar-refractivity contribution in [2.24, 2.45) is 0 Å². The lowest BCUT2D eigenvalue weighted by Crippen LogP contribution is -2.49. The quantitative estimate of drug-likeness (QED) is 0.473. The lowest BCUT2D eigenvalue weighted by molar-refractivity contribution is -0.122. The van der Waals surface area contributed by atoms with Gasteiger partial charge in [-0.3, -0.25) is 13.9 Å². The molecule has 0 fully saturated rings. The molecular weight excluding hydrogens is 502 g/mol. The van der Waals surface area contributed by atoms with E-state index in [1.165, 1.54) is 31.0 Å². The van der Waals surface area contributed by atoms with Gasteiger partial charge in [0, 0.05) is 45.8 Å². The van der Waals surface area contributed by atoms with Crippen LogP contribution in [0.3, 0.4) is 0 Å². The van der Waals surface area contributed by atoms with Crippen LogP contribution in [0, 0.1) is 0 Å². The van der Waals surface area contributed by atoms with Crippen LogP contribution in [0.15, 0.2) is 42.5 Å². The zero-order chi connectivity index (χ0) is 27.9. The largest absolute Gasteiger partial charge is 0.355 e. The van der Waals surface area contributed by atoms with Gasteiger partial charge in [-0.1, -0.05) is 24.3 Å². The second-order valence-corrected chi connectivity index (χ2v) is 12.2. The maximum atomic E-state index is 13.5. The van der Waals surface area contributed by atoms with Crippen LogP contribution in [0.4, 0.5) is 5.69 Å². The Labute approximate surface area is 227 Å². The van der Waals surface area contributed by atoms with Crippen LogP contribution in [0.5, 0.6) is 0 Å². The third-order valence-electron chi connectivity index (χ3n) is 6.82. The van der Waals surface area contributed by atoms with Gasteiger partial charge in [-0.15, -0.1) is 0 Å². The predicted octanol–water partition coefficient (Wildman–Crippen LogP) is 2.26. The fourth-order valence-corrected chi connectivity index (χ4v) is 5.41. The van der Waals surface area contributed by atoms with Crippen molar-refractivity contribution in [3.05, 3.63) is 64.7 Å². The SMILES string of the molecule is CCNC(=O)[C@H](C)NC[C@H]1Cc2cccc(c2)CCCCc2cc(cc(N(C)S(=O)(=O)N(C)C)c2)C(=O)N1. The van der Waals surface area contributed by atoms with Crippen molar-refractivity contribution in [2.75, 3.05) is 38.5 Å². The average Bonchev–Trinajstić information content (AvgIpc) is 2.88. The van der Waals surface area contributed by atoms with Gasteiger partial charge >= 0.3 is 10.2 Å². The van der Waals surface area contributed by atoms with E-state index in [9.17, 15) is 18.0 Å². The third kappa shape index (κ3) is 7.78. The summed E-state index contributed by atoms with van der Waals surface area (Å²) in [5, 5.41) is 9.19. The lowest BCUT2D eigenvalue weighted by Gasteiger charge is -2.25. The van der Waals surface area contributed by atoms with Gasteiger partial charge in [0.15, 0.2) is 0 Å². The second-order valence-electron chi connectivity index (χ2n) is 10.1. The molecule has 10 heteroatoms. The summed E-state index contributed by atoms with van der Waals surface area (Å²) in [5.74, 6) is -0.376. The zero-order valence-corrected chi connectivity index (χ0v) is 23.9. The Kier molecular flexibility index (Phi) is 10.3. The number of aryl methyl sites for hydroxylation is 2. The molecule has 0 unspecified atom stereocenters. The lowest BCUT2D eigenvalue weighted by atomic mass is 9.97. The number of carbonyl (C=O) groups is 2. The van der Waals surface area contributed by atoms with Crippen LogP contribution < -0.4 is 20.3 Å². The van der Waals surface area contributed by atoms with Crippen molar-refractivity contribution in [2.45, 2.75) is 58.0 Å². The highest BCUT2D eigenvalue weighted by molar-refractivity contribution is 7.90. The molecule has 2 aromatic rings. The summed E-state index contributed by atoms with van der Waals surface area (Å²) in [4.78, 5) is 25.8. The fourth-order valence-electron chi connectivity index (χ4n) is 4.55. The summed E-state index contributed by atoms with van der Waals surface area (Å²) < 4.78 is 28.0. The van der Waals surface area contributed by atoms with Crippen LogP contribution in [0.25, 0.3) is 0 Å². The summed E-state index contributed by atoms with van der Waals surface area (Å²) >= 11 is 0. The van der Waals surface area contributed by atoms with Crippen LogP contribution in [-0.4, -0.2) is 70.9 Å². The van der Waals surface area contributed by atoms with Crippen molar-refractivity contribution in [3.63, 3.8) is 0 Å². The van der Waals surface area contributed by atoms with E-state index >= 15 is 0 Å². The van der Waals surface area contributed by atoms with Crippen LogP contribution in [0.2, 0.25) is 0 Å². The average molecular weight is 544 g/mol. The van der Waals surface area contributed by atoms with Gasteiger partial charge in [0.2, 0.25) is 5.91 Å². The summed E-state index contributed by atoms with van der Waals surface area (Å²) in [6, 6.07) is 13.0. The molecule has 1 heterocycles. The van der Waals surface area contributed by atoms with Crippen LogP contribution >= 0.6 is 0 Å². The number of fused-ring (bicyclic) bond motifs is 4. The highest BCUT2D eigenvalue weighted by atomic mass is 32.2. The molecule has 2 atom stereocenters. The molecular formula is C28H41N5O4S. The molecule has 2 aromatic carbocycles. The number of benzene rings is 2. The number of likely N-dealkylation sites (N-methyl/N-ethyl adjacent to an activating group) is 1. The van der Waals surface area contributed by atoms with E-state index in [1.54, 1.807) is 13.0 Å². The van der Waals surface area contributed by atoms with Crippen molar-refractivity contribution < 1.29 is 18.0 Å². The van der Waals surface area contributed by atoms with E-state index in [0.717, 1.165) is 41.1 Å². The van der Waals surface area contributed by atoms with Gasteiger partial charge in [0.1, 0.15) is 0 Å². The first-order valence-electron chi connectivity index (χ1n) is 13.2. The Balaban J connectivity index is 1.94. The normalized spacial score (nSPS) is 17.3. The Morgan fingerprint density at radius 2 is 1.74 bits per heavy atom. The summed E-state index contributed by atoms with van der Waals surface area (Å²) in [6.07, 6.45) is 4.17. The third-order valence-corrected chi connectivity index (χ3v) is 8.64. The van der Waals surface area contributed by atoms with Gasteiger partial charge < -0.3 is 16.0 Å². The van der Waals surface area contributed by atoms with Crippen LogP contribution in [-0.2, 0) is 34.3 Å².